The van der Waals surface area contributed by atoms with Gasteiger partial charge in [0.1, 0.15) is 17.5 Å². The normalized spacial score (nSPS) is 10.6. The first-order chi connectivity index (χ1) is 8.56. The monoisotopic (exact) mass is 269 g/mol. The summed E-state index contributed by atoms with van der Waals surface area (Å²) in [7, 11) is 0. The molecule has 5 heteroatoms. The fourth-order valence-corrected chi connectivity index (χ4v) is 2.38. The third kappa shape index (κ3) is 2.98. The Morgan fingerprint density at radius 1 is 0.944 bits per heavy atom. The number of hydrogen-bond acceptors (Lipinski definition) is 2. The van der Waals surface area contributed by atoms with E-state index < -0.39 is 17.5 Å². The van der Waals surface area contributed by atoms with E-state index in [1.807, 2.05) is 0 Å². The molecule has 0 aliphatic carbocycles. The molecule has 0 aliphatic heterocycles. The van der Waals surface area contributed by atoms with Gasteiger partial charge in [0.25, 0.3) is 0 Å². The van der Waals surface area contributed by atoms with Crippen molar-refractivity contribution >= 4 is 17.4 Å². The van der Waals surface area contributed by atoms with Gasteiger partial charge in [-0.15, -0.1) is 11.8 Å². The second kappa shape index (κ2) is 5.35. The molecule has 2 aromatic rings. The molecule has 2 aromatic carbocycles. The van der Waals surface area contributed by atoms with Gasteiger partial charge in [0.2, 0.25) is 0 Å². The molecule has 0 amide bonds. The van der Waals surface area contributed by atoms with Gasteiger partial charge >= 0.3 is 0 Å². The Morgan fingerprint density at radius 2 is 1.61 bits per heavy atom. The highest BCUT2D eigenvalue weighted by Crippen LogP contribution is 2.29. The minimum Gasteiger partial charge on any atom is -0.398 e. The molecule has 0 unspecified atom stereocenters. The summed E-state index contributed by atoms with van der Waals surface area (Å²) in [5, 5.41) is 0. The van der Waals surface area contributed by atoms with Crippen molar-refractivity contribution in [2.45, 2.75) is 10.6 Å². The maximum Gasteiger partial charge on any atom is 0.127 e. The molecule has 0 saturated carbocycles. The maximum atomic E-state index is 13.4. The van der Waals surface area contributed by atoms with Gasteiger partial charge in [-0.25, -0.2) is 13.2 Å². The summed E-state index contributed by atoms with van der Waals surface area (Å²) in [5.74, 6) is -1.14. The number of halogens is 3. The van der Waals surface area contributed by atoms with Gasteiger partial charge in [-0.05, 0) is 36.4 Å². The van der Waals surface area contributed by atoms with Crippen molar-refractivity contribution in [3.8, 4) is 0 Å². The van der Waals surface area contributed by atoms with Crippen LogP contribution in [0.3, 0.4) is 0 Å². The van der Waals surface area contributed by atoms with Crippen LogP contribution in [0.25, 0.3) is 0 Å². The molecule has 0 aromatic heterocycles. The van der Waals surface area contributed by atoms with Crippen molar-refractivity contribution in [3.05, 3.63) is 59.4 Å². The zero-order chi connectivity index (χ0) is 13.1. The lowest BCUT2D eigenvalue weighted by molar-refractivity contribution is 0.591. The summed E-state index contributed by atoms with van der Waals surface area (Å²) < 4.78 is 39.1. The summed E-state index contributed by atoms with van der Waals surface area (Å²) in [6.07, 6.45) is 0. The Labute approximate surface area is 107 Å². The van der Waals surface area contributed by atoms with Crippen LogP contribution in [0.4, 0.5) is 18.9 Å². The highest BCUT2D eigenvalue weighted by molar-refractivity contribution is 7.98. The van der Waals surface area contributed by atoms with E-state index in [2.05, 4.69) is 0 Å². The first-order valence-electron chi connectivity index (χ1n) is 5.18. The molecule has 18 heavy (non-hydrogen) atoms. The van der Waals surface area contributed by atoms with Gasteiger partial charge in [-0.3, -0.25) is 0 Å². The fourth-order valence-electron chi connectivity index (χ4n) is 1.46. The summed E-state index contributed by atoms with van der Waals surface area (Å²) >= 11 is 1.23. The Kier molecular flexibility index (Phi) is 3.81. The molecular formula is C13H10F3NS. The van der Waals surface area contributed by atoms with Crippen LogP contribution in [0, 0.1) is 17.5 Å². The minimum absolute atomic E-state index is 0.236. The molecule has 2 rings (SSSR count). The molecule has 0 aliphatic rings. The average Bonchev–Trinajstić information content (AvgIpc) is 2.32. The molecular weight excluding hydrogens is 259 g/mol. The summed E-state index contributed by atoms with van der Waals surface area (Å²) in [4.78, 5) is 0.639. The van der Waals surface area contributed by atoms with E-state index in [-0.39, 0.29) is 17.0 Å². The van der Waals surface area contributed by atoms with Crippen LogP contribution in [-0.2, 0) is 5.75 Å². The topological polar surface area (TPSA) is 26.0 Å². The quantitative estimate of drug-likeness (QED) is 0.673. The van der Waals surface area contributed by atoms with E-state index in [0.717, 1.165) is 18.2 Å². The van der Waals surface area contributed by atoms with Crippen molar-refractivity contribution in [2.75, 3.05) is 5.73 Å². The first kappa shape index (κ1) is 12.8. The zero-order valence-electron chi connectivity index (χ0n) is 9.29. The minimum atomic E-state index is -0.487. The summed E-state index contributed by atoms with van der Waals surface area (Å²) in [6, 6.07) is 7.29. The molecule has 0 radical (unpaired) electrons. The van der Waals surface area contributed by atoms with Crippen molar-refractivity contribution in [3.63, 3.8) is 0 Å². The number of nitrogen functional groups attached to an aromatic ring is 1. The molecule has 2 N–H and O–H groups in total. The van der Waals surface area contributed by atoms with Crippen LogP contribution < -0.4 is 5.73 Å². The van der Waals surface area contributed by atoms with Crippen LogP contribution in [-0.4, -0.2) is 0 Å². The van der Waals surface area contributed by atoms with Gasteiger partial charge in [0, 0.05) is 21.9 Å². The Balaban J connectivity index is 2.13. The predicted molar refractivity (Wildman–Crippen MR) is 66.7 cm³/mol. The van der Waals surface area contributed by atoms with Gasteiger partial charge in [0.15, 0.2) is 0 Å². The number of hydrogen-bond donors (Lipinski definition) is 1. The van der Waals surface area contributed by atoms with Crippen molar-refractivity contribution < 1.29 is 13.2 Å². The summed E-state index contributed by atoms with van der Waals surface area (Å²) in [5.41, 5.74) is 6.17. The van der Waals surface area contributed by atoms with Gasteiger partial charge in [-0.1, -0.05) is 0 Å². The van der Waals surface area contributed by atoms with Gasteiger partial charge in [-0.2, -0.15) is 0 Å². The molecule has 0 heterocycles. The molecule has 0 atom stereocenters. The largest absolute Gasteiger partial charge is 0.398 e. The van der Waals surface area contributed by atoms with Crippen molar-refractivity contribution in [1.82, 2.24) is 0 Å². The third-order valence-electron chi connectivity index (χ3n) is 2.36. The lowest BCUT2D eigenvalue weighted by Gasteiger charge is -2.06. The van der Waals surface area contributed by atoms with E-state index in [9.17, 15) is 13.2 Å². The Bertz CT molecular complexity index is 572. The highest BCUT2D eigenvalue weighted by Gasteiger charge is 2.07. The second-order valence-corrected chi connectivity index (χ2v) is 4.72. The van der Waals surface area contributed by atoms with Crippen LogP contribution in [0.1, 0.15) is 5.56 Å². The number of thioether (sulfide) groups is 1. The maximum absolute atomic E-state index is 13.4. The standard InChI is InChI=1S/C13H10F3NS/c14-9-1-3-11(16)8(5-9)7-18-13-4-2-10(15)6-12(13)17/h1-6H,7,17H2. The smallest absolute Gasteiger partial charge is 0.127 e. The van der Waals surface area contributed by atoms with E-state index >= 15 is 0 Å². The molecule has 0 bridgehead atoms. The van der Waals surface area contributed by atoms with E-state index in [0.29, 0.717) is 4.90 Å². The van der Waals surface area contributed by atoms with Crippen LogP contribution >= 0.6 is 11.8 Å². The van der Waals surface area contributed by atoms with Crippen molar-refractivity contribution in [2.24, 2.45) is 0 Å². The number of rotatable bonds is 3. The number of anilines is 1. The lowest BCUT2D eigenvalue weighted by Crippen LogP contribution is -1.92. The van der Waals surface area contributed by atoms with E-state index in [4.69, 9.17) is 5.73 Å². The number of nitrogens with two attached hydrogens (primary N) is 1. The molecule has 0 fully saturated rings. The molecule has 94 valence electrons. The third-order valence-corrected chi connectivity index (χ3v) is 3.50. The van der Waals surface area contributed by atoms with E-state index in [1.54, 1.807) is 0 Å². The summed E-state index contributed by atoms with van der Waals surface area (Å²) in [6.45, 7) is 0. The highest BCUT2D eigenvalue weighted by atomic mass is 32.2. The van der Waals surface area contributed by atoms with Crippen LogP contribution in [0.5, 0.6) is 0 Å². The molecule has 1 nitrogen and oxygen atoms in total. The SMILES string of the molecule is Nc1cc(F)ccc1SCc1cc(F)ccc1F. The predicted octanol–water partition coefficient (Wildman–Crippen LogP) is 3.98. The van der Waals surface area contributed by atoms with Crippen LogP contribution in [0.2, 0.25) is 0 Å². The van der Waals surface area contributed by atoms with Gasteiger partial charge in [0.05, 0.1) is 0 Å². The Morgan fingerprint density at radius 3 is 2.33 bits per heavy atom. The van der Waals surface area contributed by atoms with E-state index in [1.165, 1.54) is 30.0 Å². The average molecular weight is 269 g/mol. The van der Waals surface area contributed by atoms with Crippen molar-refractivity contribution in [1.29, 1.82) is 0 Å². The zero-order valence-corrected chi connectivity index (χ0v) is 10.1. The van der Waals surface area contributed by atoms with Crippen LogP contribution in [0.15, 0.2) is 41.3 Å². The second-order valence-electron chi connectivity index (χ2n) is 3.71. The Hall–Kier alpha value is -1.62. The first-order valence-corrected chi connectivity index (χ1v) is 6.16. The van der Waals surface area contributed by atoms with Gasteiger partial charge < -0.3 is 5.73 Å². The fraction of sp³-hybridized carbons (Fsp3) is 0.0769. The molecule has 0 saturated heterocycles. The molecule has 0 spiro atoms. The number of benzene rings is 2. The lowest BCUT2D eigenvalue weighted by atomic mass is 10.2.